The van der Waals surface area contributed by atoms with Crippen molar-refractivity contribution in [1.82, 2.24) is 5.32 Å². The number of amides is 3. The summed E-state index contributed by atoms with van der Waals surface area (Å²) in [6, 6.07) is 1.40. The zero-order valence-corrected chi connectivity index (χ0v) is 10.1. The Bertz CT molecular complexity index is 585. The summed E-state index contributed by atoms with van der Waals surface area (Å²) in [6.45, 7) is 1.49. The zero-order valence-electron chi connectivity index (χ0n) is 10.1. The van der Waals surface area contributed by atoms with E-state index < -0.39 is 23.7 Å². The number of anilines is 1. The van der Waals surface area contributed by atoms with Crippen LogP contribution in [0.4, 0.5) is 14.9 Å². The lowest BCUT2D eigenvalue weighted by molar-refractivity contribution is -0.120. The molecular formula is C12H11FN2O4. The summed E-state index contributed by atoms with van der Waals surface area (Å²) >= 11 is 0. The van der Waals surface area contributed by atoms with Crippen molar-refractivity contribution in [3.8, 4) is 0 Å². The van der Waals surface area contributed by atoms with Gasteiger partial charge in [0.2, 0.25) is 5.91 Å². The van der Waals surface area contributed by atoms with Crippen molar-refractivity contribution in [3.05, 3.63) is 29.1 Å². The molecule has 2 rings (SSSR count). The molecule has 0 spiro atoms. The van der Waals surface area contributed by atoms with Crippen LogP contribution >= 0.6 is 0 Å². The molecule has 0 bridgehead atoms. The third kappa shape index (κ3) is 2.40. The summed E-state index contributed by atoms with van der Waals surface area (Å²) in [4.78, 5) is 34.6. The fraction of sp³-hybridized carbons (Fsp3) is 0.250. The molecule has 1 heterocycles. The van der Waals surface area contributed by atoms with E-state index in [2.05, 4.69) is 5.32 Å². The number of hydrogen-bond acceptors (Lipinski definition) is 3. The minimum atomic E-state index is -1.20. The van der Waals surface area contributed by atoms with Crippen LogP contribution in [0.1, 0.15) is 22.3 Å². The molecule has 0 aliphatic carbocycles. The number of aromatic carboxylic acids is 1. The van der Waals surface area contributed by atoms with E-state index >= 15 is 0 Å². The number of carbonyl (C=O) groups excluding carboxylic acids is 2. The highest BCUT2D eigenvalue weighted by atomic mass is 19.1. The first-order valence-corrected chi connectivity index (χ1v) is 5.55. The number of urea groups is 1. The number of halogens is 1. The number of carboxylic acids is 1. The largest absolute Gasteiger partial charge is 0.478 e. The van der Waals surface area contributed by atoms with Crippen molar-refractivity contribution in [1.29, 1.82) is 0 Å². The van der Waals surface area contributed by atoms with Gasteiger partial charge in [-0.1, -0.05) is 0 Å². The molecule has 1 aromatic carbocycles. The molecule has 2 N–H and O–H groups in total. The Kier molecular flexibility index (Phi) is 3.20. The summed E-state index contributed by atoms with van der Waals surface area (Å²) in [7, 11) is 0. The highest BCUT2D eigenvalue weighted by molar-refractivity contribution is 6.06. The Balaban J connectivity index is 2.44. The lowest BCUT2D eigenvalue weighted by Crippen LogP contribution is -2.50. The minimum absolute atomic E-state index is 0.0176. The van der Waals surface area contributed by atoms with Crippen LogP contribution in [0.3, 0.4) is 0 Å². The average Bonchev–Trinajstić information content (AvgIpc) is 2.30. The van der Waals surface area contributed by atoms with Gasteiger partial charge < -0.3 is 5.11 Å². The number of carbonyl (C=O) groups is 3. The van der Waals surface area contributed by atoms with E-state index in [1.807, 2.05) is 0 Å². The SMILES string of the molecule is Cc1cc(F)c(N2CCC(=O)NC2=O)cc1C(=O)O. The van der Waals surface area contributed by atoms with Crippen LogP contribution in [0, 0.1) is 12.7 Å². The minimum Gasteiger partial charge on any atom is -0.478 e. The monoisotopic (exact) mass is 266 g/mol. The second kappa shape index (κ2) is 4.68. The van der Waals surface area contributed by atoms with Crippen molar-refractivity contribution in [2.45, 2.75) is 13.3 Å². The smallest absolute Gasteiger partial charge is 0.336 e. The maximum absolute atomic E-state index is 13.8. The number of carboxylic acid groups (broad SMARTS) is 1. The topological polar surface area (TPSA) is 86.7 Å². The number of benzene rings is 1. The highest BCUT2D eigenvalue weighted by Gasteiger charge is 2.27. The third-order valence-electron chi connectivity index (χ3n) is 2.87. The molecule has 0 unspecified atom stereocenters. The lowest BCUT2D eigenvalue weighted by Gasteiger charge is -2.27. The molecule has 19 heavy (non-hydrogen) atoms. The van der Waals surface area contributed by atoms with Crippen molar-refractivity contribution < 1.29 is 23.9 Å². The maximum Gasteiger partial charge on any atom is 0.336 e. The fourth-order valence-corrected chi connectivity index (χ4v) is 1.89. The van der Waals surface area contributed by atoms with Crippen molar-refractivity contribution >= 4 is 23.6 Å². The van der Waals surface area contributed by atoms with Crippen molar-refractivity contribution in [3.63, 3.8) is 0 Å². The lowest BCUT2D eigenvalue weighted by atomic mass is 10.1. The Hall–Kier alpha value is -2.44. The summed E-state index contributed by atoms with van der Waals surface area (Å²) < 4.78 is 13.8. The molecule has 1 fully saturated rings. The number of imide groups is 1. The first kappa shape index (κ1) is 13.0. The fourth-order valence-electron chi connectivity index (χ4n) is 1.89. The molecule has 1 aliphatic rings. The van der Waals surface area contributed by atoms with Gasteiger partial charge in [-0.25, -0.2) is 14.0 Å². The molecule has 0 radical (unpaired) electrons. The Morgan fingerprint density at radius 2 is 2.11 bits per heavy atom. The van der Waals surface area contributed by atoms with Crippen LogP contribution in [0.5, 0.6) is 0 Å². The van der Waals surface area contributed by atoms with Gasteiger partial charge in [0.25, 0.3) is 0 Å². The van der Waals surface area contributed by atoms with Gasteiger partial charge in [-0.3, -0.25) is 15.0 Å². The number of nitrogens with one attached hydrogen (secondary N) is 1. The number of rotatable bonds is 2. The highest BCUT2D eigenvalue weighted by Crippen LogP contribution is 2.25. The number of nitrogens with zero attached hydrogens (tertiary/aromatic N) is 1. The summed E-state index contributed by atoms with van der Waals surface area (Å²) in [5, 5.41) is 11.0. The molecular weight excluding hydrogens is 255 g/mol. The van der Waals surface area contributed by atoms with Crippen LogP contribution in [0.15, 0.2) is 12.1 Å². The number of hydrogen-bond donors (Lipinski definition) is 2. The third-order valence-corrected chi connectivity index (χ3v) is 2.87. The van der Waals surface area contributed by atoms with Crippen molar-refractivity contribution in [2.24, 2.45) is 0 Å². The van der Waals surface area contributed by atoms with Gasteiger partial charge in [0.1, 0.15) is 5.82 Å². The number of aryl methyl sites for hydroxylation is 1. The molecule has 100 valence electrons. The molecule has 0 atom stereocenters. The van der Waals surface area contributed by atoms with E-state index in [0.29, 0.717) is 0 Å². The molecule has 1 saturated heterocycles. The summed E-state index contributed by atoms with van der Waals surface area (Å²) in [6.07, 6.45) is 0.0431. The van der Waals surface area contributed by atoms with E-state index in [9.17, 15) is 18.8 Å². The summed E-state index contributed by atoms with van der Waals surface area (Å²) in [5.41, 5.74) is 0.0383. The Morgan fingerprint density at radius 3 is 2.68 bits per heavy atom. The predicted molar refractivity (Wildman–Crippen MR) is 63.6 cm³/mol. The van der Waals surface area contributed by atoms with Crippen LogP contribution in [-0.2, 0) is 4.79 Å². The first-order chi connectivity index (χ1) is 8.90. The van der Waals surface area contributed by atoms with Crippen LogP contribution in [0.2, 0.25) is 0 Å². The second-order valence-electron chi connectivity index (χ2n) is 4.18. The van der Waals surface area contributed by atoms with Gasteiger partial charge in [-0.05, 0) is 24.6 Å². The Labute approximate surface area is 107 Å². The van der Waals surface area contributed by atoms with E-state index in [1.54, 1.807) is 0 Å². The average molecular weight is 266 g/mol. The molecule has 1 aromatic rings. The Morgan fingerprint density at radius 1 is 1.42 bits per heavy atom. The second-order valence-corrected chi connectivity index (χ2v) is 4.18. The van der Waals surface area contributed by atoms with Crippen LogP contribution in [0.25, 0.3) is 0 Å². The molecule has 3 amide bonds. The predicted octanol–water partition coefficient (Wildman–Crippen LogP) is 1.28. The van der Waals surface area contributed by atoms with Gasteiger partial charge >= 0.3 is 12.0 Å². The molecule has 7 heteroatoms. The molecule has 6 nitrogen and oxygen atoms in total. The van der Waals surface area contributed by atoms with E-state index in [0.717, 1.165) is 17.0 Å². The first-order valence-electron chi connectivity index (χ1n) is 5.55. The van der Waals surface area contributed by atoms with Crippen LogP contribution < -0.4 is 10.2 Å². The van der Waals surface area contributed by atoms with Gasteiger partial charge in [-0.15, -0.1) is 0 Å². The van der Waals surface area contributed by atoms with Gasteiger partial charge in [0.15, 0.2) is 0 Å². The van der Waals surface area contributed by atoms with E-state index in [4.69, 9.17) is 5.11 Å². The van der Waals surface area contributed by atoms with E-state index in [1.165, 1.54) is 6.92 Å². The van der Waals surface area contributed by atoms with Gasteiger partial charge in [0, 0.05) is 13.0 Å². The normalized spacial score (nSPS) is 15.4. The van der Waals surface area contributed by atoms with E-state index in [-0.39, 0.29) is 29.8 Å². The molecule has 1 aliphatic heterocycles. The molecule has 0 saturated carbocycles. The van der Waals surface area contributed by atoms with Crippen molar-refractivity contribution in [2.75, 3.05) is 11.4 Å². The zero-order chi connectivity index (χ0) is 14.2. The quantitative estimate of drug-likeness (QED) is 0.844. The summed E-state index contributed by atoms with van der Waals surface area (Å²) in [5.74, 6) is -2.34. The van der Waals surface area contributed by atoms with Crippen LogP contribution in [-0.4, -0.2) is 29.6 Å². The maximum atomic E-state index is 13.8. The standard InChI is InChI=1S/C12H11FN2O4/c1-6-4-8(13)9(5-7(6)11(17)18)15-3-2-10(16)14-12(15)19/h4-5H,2-3H2,1H3,(H,17,18)(H,14,16,19). The van der Waals surface area contributed by atoms with Gasteiger partial charge in [0.05, 0.1) is 11.3 Å². The van der Waals surface area contributed by atoms with Gasteiger partial charge in [-0.2, -0.15) is 0 Å². The molecule has 0 aromatic heterocycles.